The first kappa shape index (κ1) is 79.9. The van der Waals surface area contributed by atoms with E-state index in [1.165, 1.54) is 51.1 Å². The van der Waals surface area contributed by atoms with E-state index >= 15 is 0 Å². The van der Waals surface area contributed by atoms with E-state index in [2.05, 4.69) is 200 Å². The van der Waals surface area contributed by atoms with Gasteiger partial charge in [-0.25, -0.2) is 24.9 Å². The molecule has 2 N–H and O–H groups in total. The second kappa shape index (κ2) is 34.3. The van der Waals surface area contributed by atoms with Crippen LogP contribution in [-0.4, -0.2) is 46.7 Å². The van der Waals surface area contributed by atoms with Gasteiger partial charge in [-0.3, -0.25) is 9.59 Å². The molecule has 548 valence electrons. The number of nitrogens with zero attached hydrogens (tertiary/aromatic N) is 5. The topological polar surface area (TPSA) is 139 Å². The van der Waals surface area contributed by atoms with Crippen LogP contribution in [0, 0.1) is 50.3 Å². The van der Waals surface area contributed by atoms with Crippen LogP contribution in [0.3, 0.4) is 0 Å². The smallest absolute Gasteiger partial charge is 0.376 e. The molecule has 17 heteroatoms. The molecular weight excluding hydrogens is 1610 g/mol. The fraction of sp³-hybridized carbons (Fsp3) is 0.0714. The zero-order valence-electron chi connectivity index (χ0n) is 63.8. The van der Waals surface area contributed by atoms with Gasteiger partial charge < -0.3 is 10.2 Å². The van der Waals surface area contributed by atoms with Crippen molar-refractivity contribution in [1.82, 2.24) is 24.9 Å². The van der Waals surface area contributed by atoms with Crippen LogP contribution in [0.2, 0.25) is 0 Å². The number of aromatic nitrogens is 5. The maximum atomic E-state index is 12.9. The predicted octanol–water partition coefficient (Wildman–Crippen LogP) is 19.2. The summed E-state index contributed by atoms with van der Waals surface area (Å²) in [5.74, 6) is -0.128. The summed E-state index contributed by atoms with van der Waals surface area (Å²) in [6.07, 6.45) is 0. The van der Waals surface area contributed by atoms with Crippen molar-refractivity contribution in [1.29, 1.82) is 0 Å². The molecule has 0 saturated heterocycles. The van der Waals surface area contributed by atoms with Gasteiger partial charge in [0.25, 0.3) is 0 Å². The Morgan fingerprint density at radius 2 is 0.504 bits per heavy atom. The number of aliphatic hydroxyl groups is 2. The first-order valence-electron chi connectivity index (χ1n) is 36.7. The van der Waals surface area contributed by atoms with Gasteiger partial charge in [0.1, 0.15) is 26.2 Å². The number of hydrogen-bond donors (Lipinski definition) is 2. The zero-order chi connectivity index (χ0) is 77.5. The number of benzene rings is 14. The third kappa shape index (κ3) is 16.3. The molecule has 0 fully saturated rings. The quantitative estimate of drug-likeness (QED) is 0.0907. The molecule has 0 saturated carbocycles. The molecule has 0 atom stereocenters. The maximum absolute atomic E-state index is 12.9. The molecular formula is C98H68ILi2N5O4S5. The number of hydrogen-bond acceptors (Lipinski definition) is 14. The van der Waals surface area contributed by atoms with E-state index in [1.54, 1.807) is 105 Å². The molecule has 0 unspecified atom stereocenters. The van der Waals surface area contributed by atoms with Crippen LogP contribution < -0.4 is 37.7 Å². The Labute approximate surface area is 724 Å². The third-order valence-corrected chi connectivity index (χ3v) is 26.1. The molecule has 5 heterocycles. The molecule has 115 heavy (non-hydrogen) atoms. The predicted molar refractivity (Wildman–Crippen MR) is 476 cm³/mol. The van der Waals surface area contributed by atoms with Crippen molar-refractivity contribution in [2.75, 3.05) is 0 Å². The number of ketones is 2. The monoisotopic (exact) mass is 1680 g/mol. The van der Waals surface area contributed by atoms with E-state index in [0.29, 0.717) is 44.5 Å². The van der Waals surface area contributed by atoms with Crippen LogP contribution in [-0.2, 0) is 11.2 Å². The number of aryl methyl sites for hydroxylation is 5. The summed E-state index contributed by atoms with van der Waals surface area (Å²) in [6, 6.07) is 108. The third-order valence-electron chi connectivity index (χ3n) is 20.1. The van der Waals surface area contributed by atoms with Gasteiger partial charge in [-0.2, -0.15) is 60.7 Å². The van der Waals surface area contributed by atoms with Crippen molar-refractivity contribution in [2.45, 2.75) is 45.8 Å². The molecule has 2 aliphatic rings. The van der Waals surface area contributed by atoms with Crippen LogP contribution in [0.4, 0.5) is 0 Å². The minimum Gasteiger partial charge on any atom is -0.376 e. The van der Waals surface area contributed by atoms with Crippen molar-refractivity contribution in [3.8, 4) is 52.9 Å². The molecule has 0 radical (unpaired) electrons. The molecule has 5 aromatic heterocycles. The SMILES string of the molecule is Cc1ccc2nc(-c3cc[c-]cc3)sc2c1.Cc1ccc2nc(-c3cc[c-]cc3)sc2c1.Cc1ccc2nc(-c3ccc(C4(O)c5ccccc5C(O)(c5ccc(-c6nc7ccc(C)cc7s6)cc5)c5ccccc54)cc3)sc2c1.Cc1ccc2nc(-c3ccc(I)cc3)sc2c1.O=C1c2ccccc2C(=O)c2ccccc21.[Li+].[Li+]. The van der Waals surface area contributed by atoms with Crippen molar-refractivity contribution in [3.63, 3.8) is 0 Å². The zero-order valence-corrected chi connectivity index (χ0v) is 70.1. The minimum absolute atomic E-state index is 0. The van der Waals surface area contributed by atoms with Gasteiger partial charge in [0.15, 0.2) is 11.6 Å². The summed E-state index contributed by atoms with van der Waals surface area (Å²) in [6.45, 7) is 10.5. The van der Waals surface area contributed by atoms with Crippen molar-refractivity contribution >= 4 is 142 Å². The molecule has 19 aromatic rings. The van der Waals surface area contributed by atoms with Crippen LogP contribution >= 0.6 is 79.3 Å². The van der Waals surface area contributed by atoms with Crippen molar-refractivity contribution in [3.05, 3.63) is 409 Å². The fourth-order valence-electron chi connectivity index (χ4n) is 14.3. The molecule has 2 aliphatic carbocycles. The summed E-state index contributed by atoms with van der Waals surface area (Å²) in [7, 11) is 0. The van der Waals surface area contributed by atoms with Gasteiger partial charge in [-0.05, 0) is 191 Å². The van der Waals surface area contributed by atoms with E-state index in [0.717, 1.165) is 95.4 Å². The van der Waals surface area contributed by atoms with Gasteiger partial charge in [0, 0.05) is 42.5 Å². The number of carbonyl (C=O) groups excluding carboxylic acids is 2. The van der Waals surface area contributed by atoms with Gasteiger partial charge in [-0.1, -0.05) is 199 Å². The van der Waals surface area contributed by atoms with Gasteiger partial charge >= 0.3 is 37.7 Å². The molecule has 9 nitrogen and oxygen atoms in total. The average molecular weight is 1680 g/mol. The van der Waals surface area contributed by atoms with Gasteiger partial charge in [-0.15, -0.1) is 56.7 Å². The normalized spacial score (nSPS) is 14.2. The van der Waals surface area contributed by atoms with Crippen molar-refractivity contribution < 1.29 is 57.5 Å². The number of thiazole rings is 5. The summed E-state index contributed by atoms with van der Waals surface area (Å²) >= 11 is 10.9. The second-order valence-corrected chi connectivity index (χ2v) is 34.4. The molecule has 0 bridgehead atoms. The molecule has 14 aromatic carbocycles. The standard InChI is InChI=1S/C42H30N2O2S2.C14H10INS.2C14H10NS.C14H8O2.2Li/c1-25-11-21-35-37(23-25)47-39(43-35)27-13-17-29(18-14-27)41(45)31-7-3-5-9-33(31)42(46,34-10-6-4-8-32(34)41)30-19-15-28(16-20-30)40-44-36-22-12-26(2)24-38(36)48-40;1-9-2-7-12-13(8-9)17-14(16-12)10-3-5-11(15)6-4-10;2*1-10-7-8-12-13(9-10)16-14(15-12)11-5-3-2-4-6-11;15-13-9-5-1-2-6-10(9)14(16)12-8-4-3-7-11(12)13;;/h3-24,45-46H,1-2H3;2-8H,1H3;2*3-9H,1H3;1-8H;;/q;;2*-1;;2*+1. The Bertz CT molecular complexity index is 6360. The Morgan fingerprint density at radius 1 is 0.287 bits per heavy atom. The first-order valence-corrected chi connectivity index (χ1v) is 41.8. The summed E-state index contributed by atoms with van der Waals surface area (Å²) in [5, 5.41) is 30.9. The van der Waals surface area contributed by atoms with E-state index in [-0.39, 0.29) is 49.3 Å². The summed E-state index contributed by atoms with van der Waals surface area (Å²) in [4.78, 5) is 47.9. The molecule has 0 aliphatic heterocycles. The fourth-order valence-corrected chi connectivity index (χ4v) is 20.0. The number of rotatable bonds is 7. The van der Waals surface area contributed by atoms with Crippen LogP contribution in [0.15, 0.2) is 309 Å². The van der Waals surface area contributed by atoms with Crippen LogP contribution in [0.25, 0.3) is 104 Å². The number of halogens is 1. The maximum Gasteiger partial charge on any atom is 1.00 e. The average Bonchev–Trinajstić information content (AvgIpc) is 1.20. The van der Waals surface area contributed by atoms with Crippen LogP contribution in [0.1, 0.15) is 93.0 Å². The van der Waals surface area contributed by atoms with Gasteiger partial charge in [0.05, 0.1) is 61.1 Å². The van der Waals surface area contributed by atoms with Gasteiger partial charge in [0.2, 0.25) is 0 Å². The first-order chi connectivity index (χ1) is 55.0. The van der Waals surface area contributed by atoms with E-state index in [9.17, 15) is 19.8 Å². The Morgan fingerprint density at radius 3 is 0.748 bits per heavy atom. The van der Waals surface area contributed by atoms with E-state index in [4.69, 9.17) is 9.97 Å². The van der Waals surface area contributed by atoms with E-state index in [1.807, 2.05) is 146 Å². The molecule has 21 rings (SSSR count). The molecule has 0 amide bonds. The second-order valence-electron chi connectivity index (χ2n) is 28.0. The Kier molecular flexibility index (Phi) is 23.8. The van der Waals surface area contributed by atoms with Crippen molar-refractivity contribution in [2.24, 2.45) is 0 Å². The minimum atomic E-state index is -1.48. The van der Waals surface area contributed by atoms with Crippen LogP contribution in [0.5, 0.6) is 0 Å². The number of fused-ring (bicyclic) bond motifs is 9. The molecule has 0 spiro atoms. The summed E-state index contributed by atoms with van der Waals surface area (Å²) < 4.78 is 7.34. The Hall–Kier alpha value is -10.3. The van der Waals surface area contributed by atoms with E-state index < -0.39 is 11.2 Å². The Balaban J connectivity index is 0.000000127. The largest absolute Gasteiger partial charge is 1.00 e. The number of carbonyl (C=O) groups is 2. The summed E-state index contributed by atoms with van der Waals surface area (Å²) in [5.41, 5.74) is 20.2.